The van der Waals surface area contributed by atoms with E-state index in [1.807, 2.05) is 0 Å². The molecule has 13 heteroatoms. The number of anilines is 1. The zero-order valence-corrected chi connectivity index (χ0v) is 20.9. The molecule has 1 aliphatic rings. The molecule has 0 saturated carbocycles. The van der Waals surface area contributed by atoms with E-state index >= 15 is 0 Å². The number of pyridine rings is 2. The second-order valence-electron chi connectivity index (χ2n) is 8.59. The molecule has 4 rings (SSSR count). The van der Waals surface area contributed by atoms with Crippen molar-refractivity contribution in [3.63, 3.8) is 0 Å². The lowest BCUT2D eigenvalue weighted by Gasteiger charge is -2.22. The summed E-state index contributed by atoms with van der Waals surface area (Å²) in [7, 11) is 2.70. The number of halogens is 4. The maximum absolute atomic E-state index is 13.1. The number of methoxy groups -OCH3 is 1. The normalized spacial score (nSPS) is 16.8. The van der Waals surface area contributed by atoms with Crippen LogP contribution >= 0.6 is 11.6 Å². The van der Waals surface area contributed by atoms with E-state index in [0.29, 0.717) is 57.7 Å². The predicted molar refractivity (Wildman–Crippen MR) is 127 cm³/mol. The Bertz CT molecular complexity index is 1280. The number of ether oxygens (including phenoxy) is 1. The third kappa shape index (κ3) is 5.23. The summed E-state index contributed by atoms with van der Waals surface area (Å²) in [5, 5.41) is 7.59. The van der Waals surface area contributed by atoms with Gasteiger partial charge in [0, 0.05) is 44.0 Å². The number of nitrogens with zero attached hydrogens (tertiary/aromatic N) is 6. The van der Waals surface area contributed by atoms with E-state index in [0.717, 1.165) is 0 Å². The molecule has 1 fully saturated rings. The highest BCUT2D eigenvalue weighted by Crippen LogP contribution is 2.31. The lowest BCUT2D eigenvalue weighted by molar-refractivity contribution is -0.147. The monoisotopic (exact) mass is 523 g/mol. The van der Waals surface area contributed by atoms with Crippen LogP contribution in [0, 0.1) is 6.92 Å². The third-order valence-electron chi connectivity index (χ3n) is 6.10. The minimum absolute atomic E-state index is 0.0360. The molecule has 0 radical (unpaired) electrons. The molecule has 192 valence electrons. The summed E-state index contributed by atoms with van der Waals surface area (Å²) < 4.78 is 45.1. The molecule has 0 spiro atoms. The summed E-state index contributed by atoms with van der Waals surface area (Å²) in [6.45, 7) is 4.52. The van der Waals surface area contributed by atoms with Crippen LogP contribution in [0.2, 0.25) is 5.02 Å². The van der Waals surface area contributed by atoms with Gasteiger partial charge in [0.25, 0.3) is 0 Å². The molecule has 3 aromatic heterocycles. The Morgan fingerprint density at radius 3 is 2.69 bits per heavy atom. The smallest absolute Gasteiger partial charge is 0.451 e. The first-order valence-corrected chi connectivity index (χ1v) is 11.6. The van der Waals surface area contributed by atoms with Gasteiger partial charge in [-0.05, 0) is 38.0 Å². The summed E-state index contributed by atoms with van der Waals surface area (Å²) in [4.78, 5) is 27.0. The van der Waals surface area contributed by atoms with Crippen molar-refractivity contribution in [1.29, 1.82) is 0 Å². The quantitative estimate of drug-likeness (QED) is 0.520. The summed E-state index contributed by atoms with van der Waals surface area (Å²) in [6.07, 6.45) is -2.41. The Morgan fingerprint density at radius 2 is 2.06 bits per heavy atom. The predicted octanol–water partition coefficient (Wildman–Crippen LogP) is 4.08. The number of carbonyl (C=O) groups is 1. The number of rotatable bonds is 6. The van der Waals surface area contributed by atoms with Crippen molar-refractivity contribution < 1.29 is 22.7 Å². The SMILES string of the molecule is COc1cc([C@H](C)C(=O)N2CC[C@H](Nc3ccc(-c4nc(C(F)(F)F)n(C)n4)c(C)n3)C2)c(Cl)cn1. The van der Waals surface area contributed by atoms with Gasteiger partial charge < -0.3 is 15.0 Å². The van der Waals surface area contributed by atoms with Crippen LogP contribution in [0.3, 0.4) is 0 Å². The molecule has 0 unspecified atom stereocenters. The highest BCUT2D eigenvalue weighted by molar-refractivity contribution is 6.31. The van der Waals surface area contributed by atoms with E-state index in [4.69, 9.17) is 16.3 Å². The van der Waals surface area contributed by atoms with Crippen molar-refractivity contribution in [2.45, 2.75) is 38.4 Å². The van der Waals surface area contributed by atoms with Crippen molar-refractivity contribution in [2.75, 3.05) is 25.5 Å². The fourth-order valence-corrected chi connectivity index (χ4v) is 4.46. The van der Waals surface area contributed by atoms with Gasteiger partial charge in [-0.25, -0.2) is 19.6 Å². The minimum atomic E-state index is -4.60. The maximum atomic E-state index is 13.1. The van der Waals surface area contributed by atoms with E-state index in [1.54, 1.807) is 36.9 Å². The largest absolute Gasteiger partial charge is 0.481 e. The van der Waals surface area contributed by atoms with Crippen molar-refractivity contribution in [2.24, 2.45) is 7.05 Å². The van der Waals surface area contributed by atoms with Crippen LogP contribution in [0.5, 0.6) is 5.88 Å². The number of likely N-dealkylation sites (tertiary alicyclic amines) is 1. The number of alkyl halides is 3. The molecule has 1 N–H and O–H groups in total. The van der Waals surface area contributed by atoms with Gasteiger partial charge >= 0.3 is 6.18 Å². The first-order valence-electron chi connectivity index (χ1n) is 11.2. The highest BCUT2D eigenvalue weighted by atomic mass is 35.5. The Morgan fingerprint density at radius 1 is 1.31 bits per heavy atom. The number of hydrogen-bond acceptors (Lipinski definition) is 7. The van der Waals surface area contributed by atoms with Gasteiger partial charge in [-0.1, -0.05) is 11.6 Å². The molecular weight excluding hydrogens is 499 g/mol. The van der Waals surface area contributed by atoms with Gasteiger partial charge in [-0.15, -0.1) is 0 Å². The second-order valence-corrected chi connectivity index (χ2v) is 9.00. The zero-order chi connectivity index (χ0) is 26.2. The van der Waals surface area contributed by atoms with Crippen molar-refractivity contribution in [3.8, 4) is 17.3 Å². The molecular formula is C23H25ClF3N7O2. The van der Waals surface area contributed by atoms with Crippen molar-refractivity contribution in [3.05, 3.63) is 46.5 Å². The lowest BCUT2D eigenvalue weighted by Crippen LogP contribution is -2.34. The van der Waals surface area contributed by atoms with E-state index < -0.39 is 17.9 Å². The summed E-state index contributed by atoms with van der Waals surface area (Å²) in [5.74, 6) is -0.709. The minimum Gasteiger partial charge on any atom is -0.481 e. The van der Waals surface area contributed by atoms with Gasteiger partial charge in [0.2, 0.25) is 17.6 Å². The number of nitrogens with one attached hydrogen (secondary N) is 1. The summed E-state index contributed by atoms with van der Waals surface area (Å²) in [6, 6.07) is 4.94. The van der Waals surface area contributed by atoms with Crippen LogP contribution in [0.25, 0.3) is 11.4 Å². The molecule has 0 aromatic carbocycles. The number of amides is 1. The Balaban J connectivity index is 1.42. The number of aromatic nitrogens is 5. The van der Waals surface area contributed by atoms with Crippen LogP contribution in [0.15, 0.2) is 24.4 Å². The summed E-state index contributed by atoms with van der Waals surface area (Å²) in [5.41, 5.74) is 1.54. The molecule has 2 atom stereocenters. The van der Waals surface area contributed by atoms with Gasteiger partial charge in [-0.3, -0.25) is 4.79 Å². The van der Waals surface area contributed by atoms with Crippen LogP contribution in [-0.2, 0) is 18.0 Å². The molecule has 0 bridgehead atoms. The van der Waals surface area contributed by atoms with Gasteiger partial charge in [-0.2, -0.15) is 18.3 Å². The van der Waals surface area contributed by atoms with Gasteiger partial charge in [0.15, 0.2) is 5.82 Å². The lowest BCUT2D eigenvalue weighted by atomic mass is 10.0. The molecule has 0 aliphatic carbocycles. The topological polar surface area (TPSA) is 98.1 Å². The standard InChI is InChI=1S/C23H25ClF3N7O2/c1-12(16-9-19(36-4)28-10-17(16)24)21(35)34-8-7-14(11-34)30-18-6-5-15(13(2)29-18)20-31-22(23(25,26)27)33(3)32-20/h5-6,9-10,12,14H,7-8,11H2,1-4H3,(H,29,30)/t12-,14-/m0/s1. The molecule has 1 amide bonds. The molecule has 1 saturated heterocycles. The number of carbonyl (C=O) groups excluding carboxylic acids is 1. The zero-order valence-electron chi connectivity index (χ0n) is 20.1. The highest BCUT2D eigenvalue weighted by Gasteiger charge is 2.37. The van der Waals surface area contributed by atoms with Crippen LogP contribution < -0.4 is 10.1 Å². The van der Waals surface area contributed by atoms with E-state index in [1.165, 1.54) is 20.4 Å². The number of aryl methyl sites for hydroxylation is 2. The average Bonchev–Trinajstić information content (AvgIpc) is 3.45. The molecule has 36 heavy (non-hydrogen) atoms. The Hall–Kier alpha value is -3.41. The Labute approximate surface area is 210 Å². The van der Waals surface area contributed by atoms with Crippen molar-refractivity contribution >= 4 is 23.3 Å². The molecule has 9 nitrogen and oxygen atoms in total. The van der Waals surface area contributed by atoms with Crippen LogP contribution in [0.4, 0.5) is 19.0 Å². The van der Waals surface area contributed by atoms with E-state index in [9.17, 15) is 18.0 Å². The second kappa shape index (κ2) is 9.92. The molecule has 4 heterocycles. The van der Waals surface area contributed by atoms with Crippen molar-refractivity contribution in [1.82, 2.24) is 29.6 Å². The average molecular weight is 524 g/mol. The van der Waals surface area contributed by atoms with Crippen LogP contribution in [-0.4, -0.2) is 61.8 Å². The van der Waals surface area contributed by atoms with Crippen LogP contribution in [0.1, 0.15) is 36.3 Å². The first kappa shape index (κ1) is 25.7. The maximum Gasteiger partial charge on any atom is 0.451 e. The summed E-state index contributed by atoms with van der Waals surface area (Å²) >= 11 is 6.26. The molecule has 3 aromatic rings. The van der Waals surface area contributed by atoms with E-state index in [-0.39, 0.29) is 17.8 Å². The fourth-order valence-electron chi connectivity index (χ4n) is 4.19. The molecule has 1 aliphatic heterocycles. The fraction of sp³-hybridized carbons (Fsp3) is 0.435. The third-order valence-corrected chi connectivity index (χ3v) is 6.42. The first-order chi connectivity index (χ1) is 17.0. The Kier molecular flexibility index (Phi) is 7.07. The van der Waals surface area contributed by atoms with Gasteiger partial charge in [0.05, 0.1) is 23.7 Å². The number of hydrogen-bond donors (Lipinski definition) is 1. The van der Waals surface area contributed by atoms with Gasteiger partial charge in [0.1, 0.15) is 5.82 Å². The van der Waals surface area contributed by atoms with E-state index in [2.05, 4.69) is 25.4 Å².